The third kappa shape index (κ3) is 4.37. The zero-order valence-corrected chi connectivity index (χ0v) is 15.5. The highest BCUT2D eigenvalue weighted by atomic mass is 19.4. The van der Waals surface area contributed by atoms with E-state index in [-0.39, 0.29) is 23.6 Å². The molecule has 1 amide bonds. The summed E-state index contributed by atoms with van der Waals surface area (Å²) in [6.07, 6.45) is -3.13. The van der Waals surface area contributed by atoms with Gasteiger partial charge in [-0.2, -0.15) is 0 Å². The van der Waals surface area contributed by atoms with Gasteiger partial charge in [0.2, 0.25) is 0 Å². The Bertz CT molecular complexity index is 1160. The van der Waals surface area contributed by atoms with Gasteiger partial charge in [0.1, 0.15) is 17.3 Å². The Labute approximate surface area is 168 Å². The summed E-state index contributed by atoms with van der Waals surface area (Å²) in [5, 5.41) is 2.92. The van der Waals surface area contributed by atoms with Crippen molar-refractivity contribution in [3.05, 3.63) is 58.6 Å². The standard InChI is InChI=1S/C20H16F3N3O4/c21-20(22,23)30-13-5-3-12(4-6-13)24-18(27)11-29-14-7-8-16-15(10-14)19(28)26-9-1-2-17(26)25-16/h3-8,10H,1-2,9,11H2,(H,24,27). The number of hydrogen-bond donors (Lipinski definition) is 1. The summed E-state index contributed by atoms with van der Waals surface area (Å²) in [6, 6.07) is 9.58. The van der Waals surface area contributed by atoms with E-state index in [1.54, 1.807) is 22.8 Å². The van der Waals surface area contributed by atoms with Crippen LogP contribution in [-0.2, 0) is 17.8 Å². The van der Waals surface area contributed by atoms with E-state index in [0.717, 1.165) is 30.8 Å². The second kappa shape index (κ2) is 7.69. The molecule has 30 heavy (non-hydrogen) atoms. The van der Waals surface area contributed by atoms with Crippen LogP contribution in [0.5, 0.6) is 11.5 Å². The van der Waals surface area contributed by atoms with Gasteiger partial charge in [0, 0.05) is 18.7 Å². The summed E-state index contributed by atoms with van der Waals surface area (Å²) in [6.45, 7) is 0.295. The van der Waals surface area contributed by atoms with Crippen molar-refractivity contribution in [2.24, 2.45) is 0 Å². The average Bonchev–Trinajstić information content (AvgIpc) is 3.16. The number of aryl methyl sites for hydroxylation is 1. The Morgan fingerprint density at radius 1 is 1.13 bits per heavy atom. The summed E-state index contributed by atoms with van der Waals surface area (Å²) in [7, 11) is 0. The topological polar surface area (TPSA) is 82.5 Å². The van der Waals surface area contributed by atoms with Crippen LogP contribution in [0.25, 0.3) is 10.9 Å². The van der Waals surface area contributed by atoms with Crippen molar-refractivity contribution in [2.75, 3.05) is 11.9 Å². The first kappa shape index (κ1) is 19.7. The molecule has 0 bridgehead atoms. The van der Waals surface area contributed by atoms with Crippen LogP contribution in [0.3, 0.4) is 0 Å². The number of anilines is 1. The number of hydrogen-bond acceptors (Lipinski definition) is 5. The number of carbonyl (C=O) groups is 1. The van der Waals surface area contributed by atoms with E-state index in [0.29, 0.717) is 23.2 Å². The number of benzene rings is 2. The number of alkyl halides is 3. The minimum atomic E-state index is -4.78. The molecule has 0 atom stereocenters. The van der Waals surface area contributed by atoms with Gasteiger partial charge in [-0.25, -0.2) is 4.98 Å². The maximum absolute atomic E-state index is 12.6. The highest BCUT2D eigenvalue weighted by Crippen LogP contribution is 2.24. The fraction of sp³-hybridized carbons (Fsp3) is 0.250. The Morgan fingerprint density at radius 2 is 1.87 bits per heavy atom. The summed E-state index contributed by atoms with van der Waals surface area (Å²) >= 11 is 0. The van der Waals surface area contributed by atoms with Crippen LogP contribution in [0.15, 0.2) is 47.3 Å². The smallest absolute Gasteiger partial charge is 0.484 e. The highest BCUT2D eigenvalue weighted by molar-refractivity contribution is 5.92. The van der Waals surface area contributed by atoms with Crippen molar-refractivity contribution in [3.63, 3.8) is 0 Å². The second-order valence-corrected chi connectivity index (χ2v) is 6.68. The van der Waals surface area contributed by atoms with Gasteiger partial charge in [0.05, 0.1) is 10.9 Å². The van der Waals surface area contributed by atoms with Crippen molar-refractivity contribution in [1.29, 1.82) is 0 Å². The minimum Gasteiger partial charge on any atom is -0.484 e. The van der Waals surface area contributed by atoms with Gasteiger partial charge in [-0.1, -0.05) is 0 Å². The van der Waals surface area contributed by atoms with Gasteiger partial charge >= 0.3 is 6.36 Å². The summed E-state index contributed by atoms with van der Waals surface area (Å²) in [4.78, 5) is 29.1. The van der Waals surface area contributed by atoms with Crippen molar-refractivity contribution in [3.8, 4) is 11.5 Å². The molecule has 2 aromatic carbocycles. The minimum absolute atomic E-state index is 0.136. The molecule has 156 valence electrons. The number of rotatable bonds is 5. The van der Waals surface area contributed by atoms with Crippen LogP contribution in [0.2, 0.25) is 0 Å². The fourth-order valence-electron chi connectivity index (χ4n) is 3.24. The van der Waals surface area contributed by atoms with Crippen molar-refractivity contribution < 1.29 is 27.4 Å². The van der Waals surface area contributed by atoms with Gasteiger partial charge in [-0.05, 0) is 48.9 Å². The molecular weight excluding hydrogens is 403 g/mol. The number of halogens is 3. The number of amides is 1. The van der Waals surface area contributed by atoms with Gasteiger partial charge in [-0.15, -0.1) is 13.2 Å². The third-order valence-electron chi connectivity index (χ3n) is 4.53. The first-order valence-electron chi connectivity index (χ1n) is 9.10. The van der Waals surface area contributed by atoms with E-state index >= 15 is 0 Å². The van der Waals surface area contributed by atoms with E-state index in [2.05, 4.69) is 15.0 Å². The van der Waals surface area contributed by atoms with E-state index in [9.17, 15) is 22.8 Å². The van der Waals surface area contributed by atoms with E-state index in [4.69, 9.17) is 4.74 Å². The largest absolute Gasteiger partial charge is 0.573 e. The van der Waals surface area contributed by atoms with Gasteiger partial charge < -0.3 is 14.8 Å². The molecule has 0 spiro atoms. The molecule has 1 N–H and O–H groups in total. The van der Waals surface area contributed by atoms with Crippen LogP contribution >= 0.6 is 0 Å². The Morgan fingerprint density at radius 3 is 2.60 bits per heavy atom. The van der Waals surface area contributed by atoms with Crippen LogP contribution in [0.1, 0.15) is 12.2 Å². The first-order valence-corrected chi connectivity index (χ1v) is 9.10. The van der Waals surface area contributed by atoms with Crippen molar-refractivity contribution >= 4 is 22.5 Å². The lowest BCUT2D eigenvalue weighted by Gasteiger charge is -2.11. The summed E-state index contributed by atoms with van der Waals surface area (Å²) in [5.74, 6) is 0.207. The Hall–Kier alpha value is -3.56. The highest BCUT2D eigenvalue weighted by Gasteiger charge is 2.31. The zero-order valence-electron chi connectivity index (χ0n) is 15.5. The van der Waals surface area contributed by atoms with Crippen molar-refractivity contribution in [1.82, 2.24) is 9.55 Å². The number of nitrogens with one attached hydrogen (secondary N) is 1. The molecule has 0 saturated carbocycles. The molecule has 7 nitrogen and oxygen atoms in total. The number of aromatic nitrogens is 2. The van der Waals surface area contributed by atoms with Gasteiger partial charge in [0.25, 0.3) is 11.5 Å². The number of nitrogens with zero attached hydrogens (tertiary/aromatic N) is 2. The maximum atomic E-state index is 12.6. The molecule has 0 unspecified atom stereocenters. The molecule has 0 aliphatic carbocycles. The lowest BCUT2D eigenvalue weighted by Crippen LogP contribution is -2.22. The molecule has 1 aliphatic heterocycles. The molecule has 1 aromatic heterocycles. The molecule has 10 heteroatoms. The molecule has 0 saturated heterocycles. The van der Waals surface area contributed by atoms with E-state index < -0.39 is 12.3 Å². The molecule has 3 aromatic rings. The first-order chi connectivity index (χ1) is 14.3. The lowest BCUT2D eigenvalue weighted by molar-refractivity contribution is -0.274. The average molecular weight is 419 g/mol. The molecule has 2 heterocycles. The van der Waals surface area contributed by atoms with Crippen molar-refractivity contribution in [2.45, 2.75) is 25.7 Å². The molecular formula is C20H16F3N3O4. The SMILES string of the molecule is O=C(COc1ccc2nc3n(c(=O)c2c1)CCC3)Nc1ccc(OC(F)(F)F)cc1. The van der Waals surface area contributed by atoms with Crippen LogP contribution in [0, 0.1) is 0 Å². The predicted octanol–water partition coefficient (Wildman–Crippen LogP) is 3.26. The van der Waals surface area contributed by atoms with Crippen LogP contribution < -0.4 is 20.3 Å². The third-order valence-corrected chi connectivity index (χ3v) is 4.53. The molecule has 0 radical (unpaired) electrons. The normalized spacial score (nSPS) is 13.2. The Kier molecular flexibility index (Phi) is 5.06. The van der Waals surface area contributed by atoms with Crippen LogP contribution in [-0.4, -0.2) is 28.4 Å². The number of ether oxygens (including phenoxy) is 2. The monoisotopic (exact) mass is 419 g/mol. The molecule has 1 aliphatic rings. The Balaban J connectivity index is 1.39. The van der Waals surface area contributed by atoms with E-state index in [1.807, 2.05) is 0 Å². The maximum Gasteiger partial charge on any atom is 0.573 e. The quantitative estimate of drug-likeness (QED) is 0.687. The van der Waals surface area contributed by atoms with Gasteiger partial charge in [0.15, 0.2) is 6.61 Å². The molecule has 4 rings (SSSR count). The van der Waals surface area contributed by atoms with Gasteiger partial charge in [-0.3, -0.25) is 14.2 Å². The second-order valence-electron chi connectivity index (χ2n) is 6.68. The zero-order chi connectivity index (χ0) is 21.3. The number of carbonyl (C=O) groups excluding carboxylic acids is 1. The predicted molar refractivity (Wildman–Crippen MR) is 102 cm³/mol. The van der Waals surface area contributed by atoms with E-state index in [1.165, 1.54) is 12.1 Å². The fourth-order valence-corrected chi connectivity index (χ4v) is 3.24. The summed E-state index contributed by atoms with van der Waals surface area (Å²) < 4.78 is 47.4. The lowest BCUT2D eigenvalue weighted by atomic mass is 10.2. The number of fused-ring (bicyclic) bond motifs is 2. The van der Waals surface area contributed by atoms with Crippen LogP contribution in [0.4, 0.5) is 18.9 Å². The molecule has 0 fully saturated rings. The summed E-state index contributed by atoms with van der Waals surface area (Å²) in [5.41, 5.74) is 0.726.